The van der Waals surface area contributed by atoms with Crippen molar-refractivity contribution in [3.63, 3.8) is 0 Å². The van der Waals surface area contributed by atoms with Gasteiger partial charge in [-0.15, -0.1) is 0 Å². The Hall–Kier alpha value is -2.18. The van der Waals surface area contributed by atoms with Gasteiger partial charge in [0.2, 0.25) is 5.82 Å². The van der Waals surface area contributed by atoms with Gasteiger partial charge in [0, 0.05) is 19.2 Å². The first kappa shape index (κ1) is 15.2. The van der Waals surface area contributed by atoms with Crippen LogP contribution in [0.25, 0.3) is 0 Å². The van der Waals surface area contributed by atoms with E-state index in [-0.39, 0.29) is 29.8 Å². The topological polar surface area (TPSA) is 79.5 Å². The molecule has 7 heteroatoms. The summed E-state index contributed by atoms with van der Waals surface area (Å²) >= 11 is 5.85. The SMILES string of the molecule is O=[N+]([O-])c1ccc(Cl)nc1N(CCO)Cc1ccccc1. The standard InChI is InChI=1S/C14H14ClN3O3/c15-13-7-6-12(18(20)21)14(16-13)17(8-9-19)10-11-4-2-1-3-5-11/h1-7,19H,8-10H2. The van der Waals surface area contributed by atoms with Gasteiger partial charge in [0.15, 0.2) is 0 Å². The zero-order valence-corrected chi connectivity index (χ0v) is 11.9. The zero-order chi connectivity index (χ0) is 15.2. The summed E-state index contributed by atoms with van der Waals surface area (Å²) in [6.07, 6.45) is 0. The first-order valence-electron chi connectivity index (χ1n) is 6.32. The van der Waals surface area contributed by atoms with E-state index < -0.39 is 4.92 Å². The molecule has 1 N–H and O–H groups in total. The molecule has 0 atom stereocenters. The highest BCUT2D eigenvalue weighted by molar-refractivity contribution is 6.29. The summed E-state index contributed by atoms with van der Waals surface area (Å²) < 4.78 is 0. The minimum atomic E-state index is -0.506. The molecule has 0 saturated heterocycles. The van der Waals surface area contributed by atoms with E-state index in [1.54, 1.807) is 4.90 Å². The van der Waals surface area contributed by atoms with E-state index in [1.807, 2.05) is 30.3 Å². The van der Waals surface area contributed by atoms with Crippen LogP contribution >= 0.6 is 11.6 Å². The van der Waals surface area contributed by atoms with Crippen molar-refractivity contribution < 1.29 is 10.0 Å². The summed E-state index contributed by atoms with van der Waals surface area (Å²) in [6, 6.07) is 12.2. The molecule has 2 rings (SSSR count). The van der Waals surface area contributed by atoms with Crippen molar-refractivity contribution in [3.05, 3.63) is 63.3 Å². The quantitative estimate of drug-likeness (QED) is 0.504. The molecule has 110 valence electrons. The summed E-state index contributed by atoms with van der Waals surface area (Å²) in [7, 11) is 0. The Morgan fingerprint density at radius 3 is 2.57 bits per heavy atom. The van der Waals surface area contributed by atoms with Crippen LogP contribution in [0.3, 0.4) is 0 Å². The summed E-state index contributed by atoms with van der Waals surface area (Å²) in [4.78, 5) is 16.3. The second-order valence-electron chi connectivity index (χ2n) is 4.36. The summed E-state index contributed by atoms with van der Waals surface area (Å²) in [5.41, 5.74) is 0.825. The lowest BCUT2D eigenvalue weighted by Crippen LogP contribution is -2.27. The Morgan fingerprint density at radius 1 is 1.24 bits per heavy atom. The van der Waals surface area contributed by atoms with Crippen LogP contribution in [-0.4, -0.2) is 28.2 Å². The van der Waals surface area contributed by atoms with Crippen LogP contribution < -0.4 is 4.90 Å². The number of aliphatic hydroxyl groups is 1. The van der Waals surface area contributed by atoms with E-state index in [0.717, 1.165) is 5.56 Å². The Bertz CT molecular complexity index is 622. The molecule has 6 nitrogen and oxygen atoms in total. The van der Waals surface area contributed by atoms with Gasteiger partial charge in [-0.1, -0.05) is 41.9 Å². The molecule has 0 saturated carbocycles. The fourth-order valence-corrected chi connectivity index (χ4v) is 2.12. The molecule has 1 heterocycles. The van der Waals surface area contributed by atoms with Crippen molar-refractivity contribution >= 4 is 23.1 Å². The van der Waals surface area contributed by atoms with Crippen molar-refractivity contribution in [1.82, 2.24) is 4.98 Å². The van der Waals surface area contributed by atoms with Gasteiger partial charge in [0.05, 0.1) is 11.5 Å². The molecule has 0 aliphatic carbocycles. The molecule has 21 heavy (non-hydrogen) atoms. The van der Waals surface area contributed by atoms with Gasteiger partial charge in [-0.25, -0.2) is 4.98 Å². The van der Waals surface area contributed by atoms with E-state index >= 15 is 0 Å². The maximum absolute atomic E-state index is 11.1. The van der Waals surface area contributed by atoms with Crippen molar-refractivity contribution in [3.8, 4) is 0 Å². The molecule has 0 fully saturated rings. The molecule has 0 bridgehead atoms. The third kappa shape index (κ3) is 3.90. The van der Waals surface area contributed by atoms with Crippen LogP contribution in [0.5, 0.6) is 0 Å². The first-order valence-corrected chi connectivity index (χ1v) is 6.70. The number of nitro groups is 1. The normalized spacial score (nSPS) is 10.4. The van der Waals surface area contributed by atoms with E-state index in [1.165, 1.54) is 12.1 Å². The van der Waals surface area contributed by atoms with Crippen LogP contribution in [0, 0.1) is 10.1 Å². The number of nitrogens with zero attached hydrogens (tertiary/aromatic N) is 3. The lowest BCUT2D eigenvalue weighted by Gasteiger charge is -2.22. The lowest BCUT2D eigenvalue weighted by molar-refractivity contribution is -0.384. The van der Waals surface area contributed by atoms with E-state index in [2.05, 4.69) is 4.98 Å². The lowest BCUT2D eigenvalue weighted by atomic mass is 10.2. The van der Waals surface area contributed by atoms with Crippen LogP contribution in [-0.2, 0) is 6.54 Å². The van der Waals surface area contributed by atoms with Crippen LogP contribution in [0.4, 0.5) is 11.5 Å². The minimum Gasteiger partial charge on any atom is -0.395 e. The maximum Gasteiger partial charge on any atom is 0.311 e. The smallest absolute Gasteiger partial charge is 0.311 e. The molecule has 2 aromatic rings. The molecular weight excluding hydrogens is 294 g/mol. The highest BCUT2D eigenvalue weighted by Gasteiger charge is 2.21. The molecule has 0 aliphatic rings. The Kier molecular flexibility index (Phi) is 5.08. The molecular formula is C14H14ClN3O3. The Morgan fingerprint density at radius 2 is 1.95 bits per heavy atom. The maximum atomic E-state index is 11.1. The van der Waals surface area contributed by atoms with Gasteiger partial charge < -0.3 is 10.0 Å². The van der Waals surface area contributed by atoms with Crippen molar-refractivity contribution in [2.75, 3.05) is 18.1 Å². The summed E-state index contributed by atoms with van der Waals surface area (Å²) in [5, 5.41) is 20.5. The number of aliphatic hydroxyl groups excluding tert-OH is 1. The Labute approximate surface area is 126 Å². The average molecular weight is 308 g/mol. The van der Waals surface area contributed by atoms with Crippen LogP contribution in [0.15, 0.2) is 42.5 Å². The molecule has 0 amide bonds. The highest BCUT2D eigenvalue weighted by Crippen LogP contribution is 2.28. The van der Waals surface area contributed by atoms with Gasteiger partial charge in [-0.3, -0.25) is 10.1 Å². The van der Waals surface area contributed by atoms with Crippen LogP contribution in [0.2, 0.25) is 5.15 Å². The predicted octanol–water partition coefficient (Wildman–Crippen LogP) is 2.64. The number of benzene rings is 1. The Balaban J connectivity index is 2.37. The summed E-state index contributed by atoms with van der Waals surface area (Å²) in [5.74, 6) is 0.158. The molecule has 0 radical (unpaired) electrons. The van der Waals surface area contributed by atoms with E-state index in [4.69, 9.17) is 11.6 Å². The number of pyridine rings is 1. The fraction of sp³-hybridized carbons (Fsp3) is 0.214. The van der Waals surface area contributed by atoms with Gasteiger partial charge in [0.25, 0.3) is 0 Å². The third-order valence-corrected chi connectivity index (χ3v) is 3.11. The number of halogens is 1. The molecule has 0 unspecified atom stereocenters. The van der Waals surface area contributed by atoms with Gasteiger partial charge in [-0.2, -0.15) is 0 Å². The molecule has 0 aliphatic heterocycles. The predicted molar refractivity (Wildman–Crippen MR) is 80.5 cm³/mol. The fourth-order valence-electron chi connectivity index (χ4n) is 1.98. The van der Waals surface area contributed by atoms with Gasteiger partial charge in [-0.05, 0) is 11.6 Å². The minimum absolute atomic E-state index is 0.135. The van der Waals surface area contributed by atoms with Crippen molar-refractivity contribution in [2.24, 2.45) is 0 Å². The van der Waals surface area contributed by atoms with Gasteiger partial charge in [0.1, 0.15) is 5.15 Å². The number of aromatic nitrogens is 1. The third-order valence-electron chi connectivity index (χ3n) is 2.90. The second-order valence-corrected chi connectivity index (χ2v) is 4.75. The average Bonchev–Trinajstić information content (AvgIpc) is 2.47. The van der Waals surface area contributed by atoms with E-state index in [9.17, 15) is 15.2 Å². The highest BCUT2D eigenvalue weighted by atomic mass is 35.5. The van der Waals surface area contributed by atoms with Gasteiger partial charge >= 0.3 is 5.69 Å². The van der Waals surface area contributed by atoms with E-state index in [0.29, 0.717) is 6.54 Å². The van der Waals surface area contributed by atoms with Crippen LogP contribution in [0.1, 0.15) is 5.56 Å². The van der Waals surface area contributed by atoms with Crippen molar-refractivity contribution in [2.45, 2.75) is 6.54 Å². The number of hydrogen-bond acceptors (Lipinski definition) is 5. The van der Waals surface area contributed by atoms with Crippen molar-refractivity contribution in [1.29, 1.82) is 0 Å². The molecule has 1 aromatic heterocycles. The molecule has 0 spiro atoms. The number of hydrogen-bond donors (Lipinski definition) is 1. The largest absolute Gasteiger partial charge is 0.395 e. The monoisotopic (exact) mass is 307 g/mol. The second kappa shape index (κ2) is 7.01. The number of rotatable bonds is 6. The summed E-state index contributed by atoms with van der Waals surface area (Å²) in [6.45, 7) is 0.483. The zero-order valence-electron chi connectivity index (χ0n) is 11.1. The molecule has 1 aromatic carbocycles. The number of anilines is 1. The first-order chi connectivity index (χ1) is 10.1.